The number of carbonyl (C=O) groups is 1. The molecule has 1 amide bonds. The number of halogens is 2. The van der Waals surface area contributed by atoms with Crippen LogP contribution in [-0.4, -0.2) is 58.6 Å². The number of nitrogens with zero attached hydrogens (tertiary/aromatic N) is 3. The number of nitrogens with one attached hydrogen (secondary N) is 1. The topological polar surface area (TPSA) is 61.5 Å². The van der Waals surface area contributed by atoms with Crippen LogP contribution < -0.4 is 4.74 Å². The first-order chi connectivity index (χ1) is 12.8. The lowest BCUT2D eigenvalue weighted by Crippen LogP contribution is -2.56. The van der Waals surface area contributed by atoms with Gasteiger partial charge in [0.2, 0.25) is 0 Å². The molecule has 1 fully saturated rings. The predicted octanol–water partition coefficient (Wildman–Crippen LogP) is 2.68. The quantitative estimate of drug-likeness (QED) is 0.869. The average molecular weight is 378 g/mol. The Morgan fingerprint density at radius 1 is 1.33 bits per heavy atom. The van der Waals surface area contributed by atoms with E-state index in [1.165, 1.54) is 6.07 Å². The number of amides is 1. The number of aromatic nitrogens is 2. The molecule has 1 atom stereocenters. The van der Waals surface area contributed by atoms with Gasteiger partial charge < -0.3 is 14.5 Å². The van der Waals surface area contributed by atoms with Gasteiger partial charge in [0.25, 0.3) is 5.91 Å². The van der Waals surface area contributed by atoms with E-state index in [4.69, 9.17) is 4.74 Å². The van der Waals surface area contributed by atoms with Crippen molar-refractivity contribution in [2.45, 2.75) is 26.5 Å². The largest absolute Gasteiger partial charge is 0.484 e. The molecule has 1 aliphatic heterocycles. The number of piperazine rings is 1. The van der Waals surface area contributed by atoms with Crippen molar-refractivity contribution in [3.8, 4) is 5.75 Å². The number of ether oxygens (including phenoxy) is 1. The highest BCUT2D eigenvalue weighted by molar-refractivity contribution is 5.92. The summed E-state index contributed by atoms with van der Waals surface area (Å²) in [6, 6.07) is 4.85. The number of rotatable bonds is 5. The van der Waals surface area contributed by atoms with Crippen molar-refractivity contribution < 1.29 is 18.3 Å². The first-order valence-corrected chi connectivity index (χ1v) is 8.97. The summed E-state index contributed by atoms with van der Waals surface area (Å²) in [6.07, 6.45) is 0. The summed E-state index contributed by atoms with van der Waals surface area (Å²) in [6.45, 7) is 6.50. The fourth-order valence-corrected chi connectivity index (χ4v) is 3.22. The third-order valence-corrected chi connectivity index (χ3v) is 4.78. The molecule has 1 N–H and O–H groups in total. The fourth-order valence-electron chi connectivity index (χ4n) is 3.22. The number of benzene rings is 1. The van der Waals surface area contributed by atoms with Gasteiger partial charge in [-0.05, 0) is 31.2 Å². The molecule has 1 aromatic carbocycles. The zero-order valence-corrected chi connectivity index (χ0v) is 15.7. The van der Waals surface area contributed by atoms with Gasteiger partial charge in [-0.1, -0.05) is 13.8 Å². The maximum atomic E-state index is 13.6. The summed E-state index contributed by atoms with van der Waals surface area (Å²) < 4.78 is 31.9. The van der Waals surface area contributed by atoms with E-state index in [0.29, 0.717) is 23.9 Å². The molecule has 0 saturated carbocycles. The molecule has 0 radical (unpaired) electrons. The highest BCUT2D eigenvalue weighted by Crippen LogP contribution is 2.21. The molecule has 2 heterocycles. The molecule has 0 unspecified atom stereocenters. The van der Waals surface area contributed by atoms with Gasteiger partial charge in [-0.2, -0.15) is 5.10 Å². The SMILES string of the molecule is CC(C)[C@H]1CN(C)CCN1C(=O)c1cc(COc2ccc(F)cc2F)[nH]n1. The van der Waals surface area contributed by atoms with Crippen LogP contribution in [0, 0.1) is 17.6 Å². The first-order valence-electron chi connectivity index (χ1n) is 8.97. The lowest BCUT2D eigenvalue weighted by atomic mass is 9.99. The maximum absolute atomic E-state index is 13.6. The highest BCUT2D eigenvalue weighted by atomic mass is 19.1. The molecule has 8 heteroatoms. The van der Waals surface area contributed by atoms with E-state index in [2.05, 4.69) is 36.0 Å². The van der Waals surface area contributed by atoms with Gasteiger partial charge in [-0.3, -0.25) is 9.89 Å². The first kappa shape index (κ1) is 19.3. The zero-order chi connectivity index (χ0) is 19.6. The molecule has 1 saturated heterocycles. The van der Waals surface area contributed by atoms with E-state index in [9.17, 15) is 13.6 Å². The minimum absolute atomic E-state index is 0.000814. The van der Waals surface area contributed by atoms with Crippen molar-refractivity contribution in [2.24, 2.45) is 5.92 Å². The van der Waals surface area contributed by atoms with Gasteiger partial charge in [0, 0.05) is 31.7 Å². The van der Waals surface area contributed by atoms with Crippen LogP contribution >= 0.6 is 0 Å². The van der Waals surface area contributed by atoms with Crippen LogP contribution in [0.1, 0.15) is 30.0 Å². The second kappa shape index (κ2) is 8.04. The molecular formula is C19H24F2N4O2. The van der Waals surface area contributed by atoms with Crippen LogP contribution in [0.15, 0.2) is 24.3 Å². The summed E-state index contributed by atoms with van der Waals surface area (Å²) in [5, 5.41) is 6.84. The molecule has 2 aromatic rings. The Labute approximate surface area is 157 Å². The predicted molar refractivity (Wildman–Crippen MR) is 96.4 cm³/mol. The van der Waals surface area contributed by atoms with Gasteiger partial charge in [-0.15, -0.1) is 0 Å². The van der Waals surface area contributed by atoms with E-state index in [0.717, 1.165) is 25.2 Å². The smallest absolute Gasteiger partial charge is 0.274 e. The second-order valence-electron chi connectivity index (χ2n) is 7.21. The summed E-state index contributed by atoms with van der Waals surface area (Å²) in [4.78, 5) is 17.0. The Bertz CT molecular complexity index is 809. The van der Waals surface area contributed by atoms with E-state index in [1.54, 1.807) is 6.07 Å². The number of hydrogen-bond acceptors (Lipinski definition) is 4. The van der Waals surface area contributed by atoms with Crippen molar-refractivity contribution in [3.05, 3.63) is 47.3 Å². The lowest BCUT2D eigenvalue weighted by molar-refractivity contribution is 0.0397. The van der Waals surface area contributed by atoms with Crippen LogP contribution in [0.4, 0.5) is 8.78 Å². The van der Waals surface area contributed by atoms with Gasteiger partial charge in [-0.25, -0.2) is 8.78 Å². The number of likely N-dealkylation sites (N-methyl/N-ethyl adjacent to an activating group) is 1. The van der Waals surface area contributed by atoms with Gasteiger partial charge in [0.05, 0.1) is 5.69 Å². The van der Waals surface area contributed by atoms with E-state index in [1.807, 2.05) is 4.90 Å². The Hall–Kier alpha value is -2.48. The number of hydrogen-bond donors (Lipinski definition) is 1. The van der Waals surface area contributed by atoms with Crippen molar-refractivity contribution >= 4 is 5.91 Å². The van der Waals surface area contributed by atoms with Crippen LogP contribution in [-0.2, 0) is 6.61 Å². The zero-order valence-electron chi connectivity index (χ0n) is 15.7. The summed E-state index contributed by atoms with van der Waals surface area (Å²) >= 11 is 0. The molecule has 0 aliphatic carbocycles. The fraction of sp³-hybridized carbons (Fsp3) is 0.474. The summed E-state index contributed by atoms with van der Waals surface area (Å²) in [7, 11) is 2.05. The average Bonchev–Trinajstić information content (AvgIpc) is 3.09. The monoisotopic (exact) mass is 378 g/mol. The maximum Gasteiger partial charge on any atom is 0.274 e. The van der Waals surface area contributed by atoms with Crippen LogP contribution in [0.3, 0.4) is 0 Å². The van der Waals surface area contributed by atoms with Crippen molar-refractivity contribution in [1.82, 2.24) is 20.0 Å². The Kier molecular flexibility index (Phi) is 5.74. The second-order valence-corrected chi connectivity index (χ2v) is 7.21. The van der Waals surface area contributed by atoms with Crippen molar-refractivity contribution in [2.75, 3.05) is 26.7 Å². The van der Waals surface area contributed by atoms with Crippen LogP contribution in [0.25, 0.3) is 0 Å². The molecule has 27 heavy (non-hydrogen) atoms. The number of H-pyrrole nitrogens is 1. The Morgan fingerprint density at radius 3 is 2.81 bits per heavy atom. The summed E-state index contributed by atoms with van der Waals surface area (Å²) in [5.41, 5.74) is 0.848. The third-order valence-electron chi connectivity index (χ3n) is 4.78. The van der Waals surface area contributed by atoms with Crippen molar-refractivity contribution in [3.63, 3.8) is 0 Å². The standard InChI is InChI=1S/C19H24F2N4O2/c1-12(2)17-10-24(3)6-7-25(17)19(26)16-9-14(22-23-16)11-27-18-5-4-13(20)8-15(18)21/h4-5,8-9,12,17H,6-7,10-11H2,1-3H3,(H,22,23)/t17-/m1/s1. The Balaban J connectivity index is 1.66. The molecule has 0 spiro atoms. The Morgan fingerprint density at radius 2 is 2.11 bits per heavy atom. The molecule has 3 rings (SSSR count). The van der Waals surface area contributed by atoms with Crippen LogP contribution in [0.5, 0.6) is 5.75 Å². The lowest BCUT2D eigenvalue weighted by Gasteiger charge is -2.41. The van der Waals surface area contributed by atoms with Gasteiger partial charge in [0.15, 0.2) is 17.3 Å². The minimum Gasteiger partial charge on any atom is -0.484 e. The molecular weight excluding hydrogens is 354 g/mol. The molecule has 1 aliphatic rings. The van der Waals surface area contributed by atoms with E-state index in [-0.39, 0.29) is 24.3 Å². The normalized spacial score (nSPS) is 18.1. The minimum atomic E-state index is -0.775. The van der Waals surface area contributed by atoms with E-state index >= 15 is 0 Å². The number of aromatic amines is 1. The van der Waals surface area contributed by atoms with Gasteiger partial charge >= 0.3 is 0 Å². The molecule has 1 aromatic heterocycles. The van der Waals surface area contributed by atoms with Crippen LogP contribution in [0.2, 0.25) is 0 Å². The van der Waals surface area contributed by atoms with Crippen molar-refractivity contribution in [1.29, 1.82) is 0 Å². The third kappa shape index (κ3) is 4.44. The molecule has 146 valence electrons. The molecule has 0 bridgehead atoms. The molecule has 6 nitrogen and oxygen atoms in total. The number of carbonyl (C=O) groups excluding carboxylic acids is 1. The highest BCUT2D eigenvalue weighted by Gasteiger charge is 2.32. The van der Waals surface area contributed by atoms with Gasteiger partial charge in [0.1, 0.15) is 12.4 Å². The summed E-state index contributed by atoms with van der Waals surface area (Å²) in [5.74, 6) is -1.29. The van der Waals surface area contributed by atoms with E-state index < -0.39 is 11.6 Å².